The van der Waals surface area contributed by atoms with Crippen molar-refractivity contribution < 1.29 is 4.79 Å². The Kier molecular flexibility index (Phi) is 3.58. The van der Waals surface area contributed by atoms with Crippen LogP contribution >= 0.6 is 0 Å². The van der Waals surface area contributed by atoms with E-state index in [4.69, 9.17) is 5.73 Å². The Bertz CT molecular complexity index is 555. The second kappa shape index (κ2) is 5.32. The summed E-state index contributed by atoms with van der Waals surface area (Å²) in [5, 5.41) is 0. The fraction of sp³-hybridized carbons (Fsp3) is 0.0625. The minimum absolute atomic E-state index is 0.348. The highest BCUT2D eigenvalue weighted by Gasteiger charge is 2.04. The van der Waals surface area contributed by atoms with Gasteiger partial charge in [-0.25, -0.2) is 0 Å². The summed E-state index contributed by atoms with van der Waals surface area (Å²) in [6, 6.07) is 18.0. The van der Waals surface area contributed by atoms with Crippen molar-refractivity contribution in [3.05, 3.63) is 77.9 Å². The SMILES string of the molecule is C=C(C(N)=O)c1ccc(Cc2ccccc2)cc1. The van der Waals surface area contributed by atoms with Gasteiger partial charge in [0.15, 0.2) is 0 Å². The Morgan fingerprint density at radius 2 is 1.50 bits per heavy atom. The molecule has 0 aliphatic heterocycles. The molecule has 0 saturated heterocycles. The van der Waals surface area contributed by atoms with E-state index < -0.39 is 5.91 Å². The number of carbonyl (C=O) groups is 1. The number of rotatable bonds is 4. The summed E-state index contributed by atoms with van der Waals surface area (Å²) in [4.78, 5) is 11.0. The zero-order valence-electron chi connectivity index (χ0n) is 10.1. The van der Waals surface area contributed by atoms with Crippen LogP contribution in [-0.4, -0.2) is 5.91 Å². The predicted octanol–water partition coefficient (Wildman–Crippen LogP) is 2.78. The molecule has 90 valence electrons. The van der Waals surface area contributed by atoms with E-state index in [1.807, 2.05) is 42.5 Å². The fourth-order valence-corrected chi connectivity index (χ4v) is 1.80. The van der Waals surface area contributed by atoms with Crippen molar-refractivity contribution in [3.63, 3.8) is 0 Å². The number of nitrogens with two attached hydrogens (primary N) is 1. The zero-order valence-corrected chi connectivity index (χ0v) is 10.1. The maximum Gasteiger partial charge on any atom is 0.248 e. The third-order valence-corrected chi connectivity index (χ3v) is 2.85. The van der Waals surface area contributed by atoms with Gasteiger partial charge in [-0.15, -0.1) is 0 Å². The van der Waals surface area contributed by atoms with Crippen molar-refractivity contribution in [2.75, 3.05) is 0 Å². The standard InChI is InChI=1S/C16H15NO/c1-12(16(17)18)15-9-7-14(8-10-15)11-13-5-3-2-4-6-13/h2-10H,1,11H2,(H2,17,18). The molecule has 18 heavy (non-hydrogen) atoms. The van der Waals surface area contributed by atoms with E-state index in [-0.39, 0.29) is 0 Å². The second-order valence-electron chi connectivity index (χ2n) is 4.20. The Morgan fingerprint density at radius 3 is 2.06 bits per heavy atom. The molecule has 0 saturated carbocycles. The van der Waals surface area contributed by atoms with Gasteiger partial charge in [-0.05, 0) is 23.1 Å². The minimum atomic E-state index is -0.481. The molecule has 0 unspecified atom stereocenters. The molecule has 0 aromatic heterocycles. The highest BCUT2D eigenvalue weighted by Crippen LogP contribution is 2.15. The van der Waals surface area contributed by atoms with Gasteiger partial charge in [0.05, 0.1) is 0 Å². The molecule has 2 aromatic carbocycles. The molecule has 0 spiro atoms. The number of amides is 1. The lowest BCUT2D eigenvalue weighted by atomic mass is 10.0. The van der Waals surface area contributed by atoms with E-state index in [2.05, 4.69) is 18.7 Å². The molecule has 1 amide bonds. The molecular formula is C16H15NO. The fourth-order valence-electron chi connectivity index (χ4n) is 1.80. The maximum absolute atomic E-state index is 11.0. The topological polar surface area (TPSA) is 43.1 Å². The molecule has 0 aliphatic rings. The van der Waals surface area contributed by atoms with Gasteiger partial charge in [0.2, 0.25) is 5.91 Å². The van der Waals surface area contributed by atoms with Gasteiger partial charge in [0.25, 0.3) is 0 Å². The Morgan fingerprint density at radius 1 is 0.944 bits per heavy atom. The van der Waals surface area contributed by atoms with Gasteiger partial charge in [0.1, 0.15) is 0 Å². The zero-order chi connectivity index (χ0) is 13.0. The summed E-state index contributed by atoms with van der Waals surface area (Å²) in [5.41, 5.74) is 8.78. The number of carbonyl (C=O) groups excluding carboxylic acids is 1. The average molecular weight is 237 g/mol. The highest BCUT2D eigenvalue weighted by molar-refractivity contribution is 6.17. The molecule has 0 fully saturated rings. The summed E-state index contributed by atoms with van der Waals surface area (Å²) in [5.74, 6) is -0.481. The van der Waals surface area contributed by atoms with Crippen molar-refractivity contribution in [1.29, 1.82) is 0 Å². The summed E-state index contributed by atoms with van der Waals surface area (Å²) in [6.07, 6.45) is 0.879. The Hall–Kier alpha value is -2.35. The third kappa shape index (κ3) is 2.86. The van der Waals surface area contributed by atoms with Gasteiger partial charge in [-0.2, -0.15) is 0 Å². The summed E-state index contributed by atoms with van der Waals surface area (Å²) >= 11 is 0. The highest BCUT2D eigenvalue weighted by atomic mass is 16.1. The van der Waals surface area contributed by atoms with Crippen molar-refractivity contribution in [2.24, 2.45) is 5.73 Å². The van der Waals surface area contributed by atoms with E-state index in [1.165, 1.54) is 11.1 Å². The largest absolute Gasteiger partial charge is 0.366 e. The first-order chi connectivity index (χ1) is 8.66. The van der Waals surface area contributed by atoms with Gasteiger partial charge >= 0.3 is 0 Å². The third-order valence-electron chi connectivity index (χ3n) is 2.85. The molecule has 0 radical (unpaired) electrons. The van der Waals surface area contributed by atoms with Crippen LogP contribution < -0.4 is 5.73 Å². The smallest absolute Gasteiger partial charge is 0.248 e. The van der Waals surface area contributed by atoms with Crippen LogP contribution in [0.5, 0.6) is 0 Å². The van der Waals surface area contributed by atoms with Crippen LogP contribution in [-0.2, 0) is 11.2 Å². The number of primary amides is 1. The molecule has 2 N–H and O–H groups in total. The van der Waals surface area contributed by atoms with Crippen LogP contribution in [0.2, 0.25) is 0 Å². The molecule has 0 aliphatic carbocycles. The van der Waals surface area contributed by atoms with Crippen LogP contribution in [0.25, 0.3) is 5.57 Å². The van der Waals surface area contributed by atoms with Crippen LogP contribution in [0.4, 0.5) is 0 Å². The lowest BCUT2D eigenvalue weighted by molar-refractivity contribution is -0.112. The normalized spacial score (nSPS) is 10.0. The lowest BCUT2D eigenvalue weighted by Gasteiger charge is -2.05. The number of hydrogen-bond acceptors (Lipinski definition) is 1. The van der Waals surface area contributed by atoms with Crippen molar-refractivity contribution >= 4 is 11.5 Å². The first-order valence-corrected chi connectivity index (χ1v) is 5.79. The van der Waals surface area contributed by atoms with Crippen molar-refractivity contribution in [1.82, 2.24) is 0 Å². The predicted molar refractivity (Wildman–Crippen MR) is 73.9 cm³/mol. The van der Waals surface area contributed by atoms with E-state index in [9.17, 15) is 4.79 Å². The minimum Gasteiger partial charge on any atom is -0.366 e. The molecule has 0 atom stereocenters. The molecule has 2 rings (SSSR count). The Balaban J connectivity index is 2.13. The van der Waals surface area contributed by atoms with Gasteiger partial charge in [-0.3, -0.25) is 4.79 Å². The second-order valence-corrected chi connectivity index (χ2v) is 4.20. The summed E-state index contributed by atoms with van der Waals surface area (Å²) in [7, 11) is 0. The molecule has 2 aromatic rings. The lowest BCUT2D eigenvalue weighted by Crippen LogP contribution is -2.11. The van der Waals surface area contributed by atoms with Crippen LogP contribution in [0.3, 0.4) is 0 Å². The van der Waals surface area contributed by atoms with Gasteiger partial charge in [0, 0.05) is 5.57 Å². The Labute approximate surface area is 107 Å². The van der Waals surface area contributed by atoms with E-state index in [1.54, 1.807) is 0 Å². The van der Waals surface area contributed by atoms with E-state index in [0.717, 1.165) is 12.0 Å². The monoisotopic (exact) mass is 237 g/mol. The molecule has 2 nitrogen and oxygen atoms in total. The van der Waals surface area contributed by atoms with Gasteiger partial charge < -0.3 is 5.73 Å². The average Bonchev–Trinajstić information content (AvgIpc) is 2.40. The summed E-state index contributed by atoms with van der Waals surface area (Å²) < 4.78 is 0. The first kappa shape index (κ1) is 12.1. The quantitative estimate of drug-likeness (QED) is 0.816. The molecule has 0 heterocycles. The number of benzene rings is 2. The number of hydrogen-bond donors (Lipinski definition) is 1. The van der Waals surface area contributed by atoms with E-state index >= 15 is 0 Å². The van der Waals surface area contributed by atoms with E-state index in [0.29, 0.717) is 5.57 Å². The first-order valence-electron chi connectivity index (χ1n) is 5.79. The van der Waals surface area contributed by atoms with Gasteiger partial charge in [-0.1, -0.05) is 61.2 Å². The van der Waals surface area contributed by atoms with Crippen LogP contribution in [0.15, 0.2) is 61.2 Å². The van der Waals surface area contributed by atoms with Crippen LogP contribution in [0.1, 0.15) is 16.7 Å². The van der Waals surface area contributed by atoms with Crippen LogP contribution in [0, 0.1) is 0 Å². The molecule has 0 bridgehead atoms. The van der Waals surface area contributed by atoms with Crippen molar-refractivity contribution in [3.8, 4) is 0 Å². The maximum atomic E-state index is 11.0. The molecule has 2 heteroatoms. The molecular weight excluding hydrogens is 222 g/mol. The summed E-state index contributed by atoms with van der Waals surface area (Å²) in [6.45, 7) is 3.66. The van der Waals surface area contributed by atoms with Crippen molar-refractivity contribution in [2.45, 2.75) is 6.42 Å².